The van der Waals surface area contributed by atoms with Crippen LogP contribution in [0.15, 0.2) is 18.6 Å². The second-order valence-electron chi connectivity index (χ2n) is 7.43. The molecule has 3 heterocycles. The van der Waals surface area contributed by atoms with Crippen LogP contribution in [0.4, 0.5) is 5.82 Å². The summed E-state index contributed by atoms with van der Waals surface area (Å²) in [5.74, 6) is 1.38. The molecule has 0 unspecified atom stereocenters. The van der Waals surface area contributed by atoms with Crippen LogP contribution in [0.1, 0.15) is 12.8 Å². The predicted molar refractivity (Wildman–Crippen MR) is 107 cm³/mol. The molecule has 0 aromatic carbocycles. The van der Waals surface area contributed by atoms with Gasteiger partial charge >= 0.3 is 0 Å². The zero-order chi connectivity index (χ0) is 19.2. The first-order valence-electron chi connectivity index (χ1n) is 8.97. The van der Waals surface area contributed by atoms with E-state index in [0.717, 1.165) is 29.7 Å². The summed E-state index contributed by atoms with van der Waals surface area (Å²) in [5, 5.41) is 0.961. The van der Waals surface area contributed by atoms with Crippen LogP contribution in [0.3, 0.4) is 0 Å². The maximum Gasteiger partial charge on any atom is 0.214 e. The lowest BCUT2D eigenvalue weighted by Crippen LogP contribution is -2.49. The van der Waals surface area contributed by atoms with Gasteiger partial charge in [0, 0.05) is 32.4 Å². The Morgan fingerprint density at radius 2 is 2.00 bits per heavy atom. The SMILES string of the molecule is CN(c1ncnc2[nH]ccc12)[C@H]1C[C@@H](CS(=O)(=O)N2CCS(O)(O)CC2)C1. The van der Waals surface area contributed by atoms with E-state index in [4.69, 9.17) is 0 Å². The normalized spacial score (nSPS) is 27.2. The highest BCUT2D eigenvalue weighted by Crippen LogP contribution is 2.41. The number of fused-ring (bicyclic) bond motifs is 1. The van der Waals surface area contributed by atoms with Crippen LogP contribution >= 0.6 is 10.6 Å². The summed E-state index contributed by atoms with van der Waals surface area (Å²) in [6.07, 6.45) is 4.97. The van der Waals surface area contributed by atoms with Crippen molar-refractivity contribution in [2.75, 3.05) is 42.3 Å². The quantitative estimate of drug-likeness (QED) is 0.677. The van der Waals surface area contributed by atoms with E-state index in [1.54, 1.807) is 0 Å². The molecule has 27 heavy (non-hydrogen) atoms. The molecule has 1 saturated carbocycles. The molecule has 0 amide bonds. The van der Waals surface area contributed by atoms with Crippen molar-refractivity contribution in [2.24, 2.45) is 5.92 Å². The van der Waals surface area contributed by atoms with E-state index in [0.29, 0.717) is 0 Å². The number of nitrogens with one attached hydrogen (secondary N) is 1. The Morgan fingerprint density at radius 3 is 2.70 bits per heavy atom. The van der Waals surface area contributed by atoms with Gasteiger partial charge in [-0.15, -0.1) is 0 Å². The van der Waals surface area contributed by atoms with Gasteiger partial charge in [-0.3, -0.25) is 9.11 Å². The highest BCUT2D eigenvalue weighted by molar-refractivity contribution is 8.24. The number of anilines is 1. The Hall–Kier alpha value is -1.40. The van der Waals surface area contributed by atoms with Crippen LogP contribution in [-0.2, 0) is 10.0 Å². The van der Waals surface area contributed by atoms with Gasteiger partial charge in [0.15, 0.2) is 0 Å². The van der Waals surface area contributed by atoms with Crippen LogP contribution in [0.2, 0.25) is 0 Å². The monoisotopic (exact) mass is 415 g/mol. The molecule has 0 atom stereocenters. The Morgan fingerprint density at radius 1 is 1.30 bits per heavy atom. The zero-order valence-electron chi connectivity index (χ0n) is 15.2. The van der Waals surface area contributed by atoms with Gasteiger partial charge in [0.25, 0.3) is 0 Å². The van der Waals surface area contributed by atoms with Crippen LogP contribution in [0.5, 0.6) is 0 Å². The number of hydrogen-bond donors (Lipinski definition) is 3. The van der Waals surface area contributed by atoms with E-state index in [2.05, 4.69) is 19.9 Å². The Balaban J connectivity index is 1.35. The molecule has 0 radical (unpaired) electrons. The molecule has 9 nitrogen and oxygen atoms in total. The zero-order valence-corrected chi connectivity index (χ0v) is 16.8. The van der Waals surface area contributed by atoms with E-state index >= 15 is 0 Å². The molecular weight excluding hydrogens is 390 g/mol. The predicted octanol–water partition coefficient (Wildman–Crippen LogP) is 1.57. The summed E-state index contributed by atoms with van der Waals surface area (Å²) in [6.45, 7) is 0.403. The maximum absolute atomic E-state index is 12.6. The first kappa shape index (κ1) is 18.9. The minimum absolute atomic E-state index is 0.119. The lowest BCUT2D eigenvalue weighted by molar-refractivity contribution is 0.277. The minimum atomic E-state index is -3.36. The summed E-state index contributed by atoms with van der Waals surface area (Å²) in [6, 6.07) is 2.20. The van der Waals surface area contributed by atoms with Gasteiger partial charge in [-0.1, -0.05) is 0 Å². The molecule has 1 saturated heterocycles. The van der Waals surface area contributed by atoms with E-state index < -0.39 is 20.6 Å². The molecule has 2 aromatic rings. The number of aromatic amines is 1. The third-order valence-corrected chi connectivity index (χ3v) is 9.32. The molecule has 3 N–H and O–H groups in total. The molecule has 4 rings (SSSR count). The molecule has 11 heteroatoms. The lowest BCUT2D eigenvalue weighted by Gasteiger charge is -2.43. The molecule has 0 bridgehead atoms. The van der Waals surface area contributed by atoms with Gasteiger partial charge in [-0.25, -0.2) is 18.4 Å². The Labute approximate surface area is 160 Å². The van der Waals surface area contributed by atoms with Crippen molar-refractivity contribution in [1.82, 2.24) is 19.3 Å². The van der Waals surface area contributed by atoms with Crippen molar-refractivity contribution in [3.8, 4) is 0 Å². The topological polar surface area (TPSA) is 123 Å². The van der Waals surface area contributed by atoms with E-state index in [9.17, 15) is 17.5 Å². The molecule has 150 valence electrons. The van der Waals surface area contributed by atoms with Crippen LogP contribution in [0, 0.1) is 5.92 Å². The summed E-state index contributed by atoms with van der Waals surface area (Å²) in [4.78, 5) is 13.8. The molecule has 0 spiro atoms. The van der Waals surface area contributed by atoms with E-state index in [1.165, 1.54) is 10.6 Å². The third kappa shape index (κ3) is 3.79. The van der Waals surface area contributed by atoms with Gasteiger partial charge in [0.2, 0.25) is 10.0 Å². The fraction of sp³-hybridized carbons (Fsp3) is 0.625. The summed E-state index contributed by atoms with van der Waals surface area (Å²) in [7, 11) is -3.96. The van der Waals surface area contributed by atoms with Crippen LogP contribution in [0.25, 0.3) is 11.0 Å². The standard InChI is InChI=1S/C16H25N5O4S2/c1-20(16-14-2-3-17-15(14)18-11-19-16)13-8-12(9-13)10-27(24,25)21-4-6-26(22,23)7-5-21/h2-3,11-13,22-23H,4-10H2,1H3,(H,17,18,19)/t12-,13+. The van der Waals surface area contributed by atoms with Crippen molar-refractivity contribution < 1.29 is 17.5 Å². The molecule has 1 aliphatic heterocycles. The van der Waals surface area contributed by atoms with Crippen LogP contribution in [-0.4, -0.2) is 80.2 Å². The largest absolute Gasteiger partial charge is 0.356 e. The van der Waals surface area contributed by atoms with E-state index in [-0.39, 0.29) is 42.3 Å². The lowest BCUT2D eigenvalue weighted by atomic mass is 9.81. The van der Waals surface area contributed by atoms with Gasteiger partial charge in [-0.2, -0.15) is 14.9 Å². The second kappa shape index (κ2) is 6.89. The molecule has 1 aliphatic carbocycles. The molecule has 2 aliphatic rings. The van der Waals surface area contributed by atoms with Crippen molar-refractivity contribution >= 4 is 37.5 Å². The average Bonchev–Trinajstić information content (AvgIpc) is 3.05. The van der Waals surface area contributed by atoms with Gasteiger partial charge < -0.3 is 9.88 Å². The maximum atomic E-state index is 12.6. The number of H-pyrrole nitrogens is 1. The first-order chi connectivity index (χ1) is 12.8. The van der Waals surface area contributed by atoms with Gasteiger partial charge in [-0.05, 0) is 24.8 Å². The van der Waals surface area contributed by atoms with Crippen LogP contribution < -0.4 is 4.90 Å². The summed E-state index contributed by atoms with van der Waals surface area (Å²) in [5.41, 5.74) is 0.793. The van der Waals surface area contributed by atoms with Crippen molar-refractivity contribution in [3.05, 3.63) is 18.6 Å². The smallest absolute Gasteiger partial charge is 0.214 e. The van der Waals surface area contributed by atoms with E-state index in [1.807, 2.05) is 19.3 Å². The molecular formula is C16H25N5O4S2. The fourth-order valence-electron chi connectivity index (χ4n) is 3.86. The first-order valence-corrected chi connectivity index (χ1v) is 12.5. The number of hydrogen-bond acceptors (Lipinski definition) is 7. The second-order valence-corrected chi connectivity index (χ2v) is 11.9. The number of nitrogens with zero attached hydrogens (tertiary/aromatic N) is 4. The van der Waals surface area contributed by atoms with Crippen molar-refractivity contribution in [1.29, 1.82) is 0 Å². The Kier molecular flexibility index (Phi) is 4.83. The van der Waals surface area contributed by atoms with Gasteiger partial charge in [0.05, 0.1) is 22.6 Å². The van der Waals surface area contributed by atoms with Crippen molar-refractivity contribution in [2.45, 2.75) is 18.9 Å². The van der Waals surface area contributed by atoms with Crippen molar-refractivity contribution in [3.63, 3.8) is 0 Å². The minimum Gasteiger partial charge on any atom is -0.356 e. The molecule has 2 aromatic heterocycles. The summed E-state index contributed by atoms with van der Waals surface area (Å²) < 4.78 is 46.0. The number of sulfonamides is 1. The highest BCUT2D eigenvalue weighted by atomic mass is 32.3. The number of aromatic nitrogens is 3. The third-order valence-electron chi connectivity index (χ3n) is 5.60. The Bertz CT molecular complexity index is 916. The molecule has 2 fully saturated rings. The highest BCUT2D eigenvalue weighted by Gasteiger charge is 2.39. The fourth-order valence-corrected chi connectivity index (χ4v) is 7.14. The summed E-state index contributed by atoms with van der Waals surface area (Å²) >= 11 is 0. The average molecular weight is 416 g/mol. The number of rotatable bonds is 5. The van der Waals surface area contributed by atoms with Gasteiger partial charge in [0.1, 0.15) is 17.8 Å².